The molecule has 132 valence electrons. The van der Waals surface area contributed by atoms with Crippen LogP contribution in [0.25, 0.3) is 0 Å². The largest absolute Gasteiger partial charge is 0.465 e. The zero-order chi connectivity index (χ0) is 17.3. The van der Waals surface area contributed by atoms with Crippen LogP contribution in [0.1, 0.15) is 64.7 Å². The summed E-state index contributed by atoms with van der Waals surface area (Å²) in [6.45, 7) is 5.96. The number of carbonyl (C=O) groups excluding carboxylic acids is 2. The van der Waals surface area contributed by atoms with Crippen LogP contribution < -0.4 is 5.32 Å². The second-order valence-corrected chi connectivity index (χ2v) is 6.79. The van der Waals surface area contributed by atoms with Crippen molar-refractivity contribution in [1.29, 1.82) is 0 Å². The average Bonchev–Trinajstić information content (AvgIpc) is 3.15. The molecule has 2 fully saturated rings. The van der Waals surface area contributed by atoms with Crippen molar-refractivity contribution in [2.45, 2.75) is 58.0 Å². The van der Waals surface area contributed by atoms with E-state index in [9.17, 15) is 9.59 Å². The molecule has 0 aliphatic carbocycles. The summed E-state index contributed by atoms with van der Waals surface area (Å²) in [4.78, 5) is 30.4. The first-order valence-electron chi connectivity index (χ1n) is 8.91. The average molecular weight is 333 g/mol. The highest BCUT2D eigenvalue weighted by atomic mass is 16.5. The van der Waals surface area contributed by atoms with E-state index in [2.05, 4.69) is 15.2 Å². The molecule has 3 rings (SSSR count). The van der Waals surface area contributed by atoms with Gasteiger partial charge in [0, 0.05) is 24.3 Å². The Bertz CT molecular complexity index is 638. The van der Waals surface area contributed by atoms with Gasteiger partial charge in [0.15, 0.2) is 0 Å². The molecule has 0 unspecified atom stereocenters. The molecule has 6 nitrogen and oxygen atoms in total. The maximum absolute atomic E-state index is 12.8. The van der Waals surface area contributed by atoms with Crippen LogP contribution in [0, 0.1) is 6.92 Å². The normalized spacial score (nSPS) is 23.8. The van der Waals surface area contributed by atoms with Crippen LogP contribution >= 0.6 is 0 Å². The van der Waals surface area contributed by atoms with Gasteiger partial charge in [-0.05, 0) is 44.7 Å². The molecule has 2 N–H and O–H groups in total. The van der Waals surface area contributed by atoms with E-state index in [-0.39, 0.29) is 17.9 Å². The summed E-state index contributed by atoms with van der Waals surface area (Å²) in [5.41, 5.74) is 2.42. The number of nitrogens with zero attached hydrogens (tertiary/aromatic N) is 1. The molecule has 6 heteroatoms. The van der Waals surface area contributed by atoms with Gasteiger partial charge in [0.1, 0.15) is 5.69 Å². The van der Waals surface area contributed by atoms with E-state index in [1.807, 2.05) is 6.92 Å². The van der Waals surface area contributed by atoms with E-state index >= 15 is 0 Å². The number of hydrogen-bond acceptors (Lipinski definition) is 4. The summed E-state index contributed by atoms with van der Waals surface area (Å²) >= 11 is 0. The van der Waals surface area contributed by atoms with Gasteiger partial charge in [0.2, 0.25) is 0 Å². The molecule has 0 spiro atoms. The summed E-state index contributed by atoms with van der Waals surface area (Å²) in [5, 5.41) is 3.19. The van der Waals surface area contributed by atoms with Crippen molar-refractivity contribution in [3.8, 4) is 0 Å². The molecular weight excluding hydrogens is 306 g/mol. The first-order valence-corrected chi connectivity index (χ1v) is 8.91. The zero-order valence-corrected chi connectivity index (χ0v) is 14.8. The quantitative estimate of drug-likeness (QED) is 0.827. The molecule has 2 atom stereocenters. The van der Waals surface area contributed by atoms with Gasteiger partial charge in [0.05, 0.1) is 12.7 Å². The minimum absolute atomic E-state index is 0.116. The van der Waals surface area contributed by atoms with Crippen molar-refractivity contribution >= 4 is 11.9 Å². The lowest BCUT2D eigenvalue weighted by Gasteiger charge is -2.32. The second-order valence-electron chi connectivity index (χ2n) is 6.79. The number of carbonyl (C=O) groups is 2. The number of nitrogens with one attached hydrogen (secondary N) is 2. The van der Waals surface area contributed by atoms with Crippen molar-refractivity contribution < 1.29 is 14.3 Å². The Balaban J connectivity index is 1.78. The van der Waals surface area contributed by atoms with Crippen LogP contribution in [0.15, 0.2) is 0 Å². The monoisotopic (exact) mass is 333 g/mol. The van der Waals surface area contributed by atoms with Crippen molar-refractivity contribution in [3.05, 3.63) is 22.5 Å². The summed E-state index contributed by atoms with van der Waals surface area (Å²) < 4.78 is 4.86. The molecule has 0 radical (unpaired) electrons. The number of H-pyrrole nitrogens is 1. The number of amides is 1. The maximum Gasteiger partial charge on any atom is 0.339 e. The molecule has 1 aromatic heterocycles. The number of ether oxygens (including phenoxy) is 1. The third kappa shape index (κ3) is 2.95. The predicted molar refractivity (Wildman–Crippen MR) is 91.3 cm³/mol. The lowest BCUT2D eigenvalue weighted by molar-refractivity contribution is 0.0599. The van der Waals surface area contributed by atoms with Crippen LogP contribution in [0.3, 0.4) is 0 Å². The standard InChI is InChI=1S/C18H27N3O3/c1-4-12-15(18(23)24-3)11(2)16(19-12)17(22)20-13-8-10-21-9-6-5-7-14(13)21/h13-14,19H,4-10H2,1-3H3,(H,20,22)/t13-,14+/m0/s1. The van der Waals surface area contributed by atoms with Gasteiger partial charge >= 0.3 is 5.97 Å². The lowest BCUT2D eigenvalue weighted by atomic mass is 9.99. The zero-order valence-electron chi connectivity index (χ0n) is 14.8. The molecule has 2 aliphatic rings. The number of aryl methyl sites for hydroxylation is 1. The van der Waals surface area contributed by atoms with Gasteiger partial charge in [-0.25, -0.2) is 4.79 Å². The van der Waals surface area contributed by atoms with Crippen LogP contribution in [0.2, 0.25) is 0 Å². The fourth-order valence-corrected chi connectivity index (χ4v) is 4.19. The first-order chi connectivity index (χ1) is 11.6. The number of rotatable bonds is 4. The maximum atomic E-state index is 12.8. The molecule has 0 saturated carbocycles. The predicted octanol–water partition coefficient (Wildman–Crippen LogP) is 2.03. The van der Waals surface area contributed by atoms with Crippen molar-refractivity contribution in [1.82, 2.24) is 15.2 Å². The highest BCUT2D eigenvalue weighted by Gasteiger charge is 2.37. The van der Waals surface area contributed by atoms with E-state index in [0.29, 0.717) is 29.3 Å². The molecule has 1 amide bonds. The summed E-state index contributed by atoms with van der Waals surface area (Å²) in [6, 6.07) is 0.663. The van der Waals surface area contributed by atoms with E-state index < -0.39 is 0 Å². The molecule has 1 aromatic rings. The number of aromatic nitrogens is 1. The van der Waals surface area contributed by atoms with Gasteiger partial charge in [-0.3, -0.25) is 9.69 Å². The van der Waals surface area contributed by atoms with E-state index in [0.717, 1.165) is 31.6 Å². The lowest BCUT2D eigenvalue weighted by Crippen LogP contribution is -2.47. The van der Waals surface area contributed by atoms with Gasteiger partial charge in [0.25, 0.3) is 5.91 Å². The summed E-state index contributed by atoms with van der Waals surface area (Å²) in [7, 11) is 1.37. The molecule has 0 aromatic carbocycles. The topological polar surface area (TPSA) is 74.4 Å². The Kier molecular flexibility index (Phi) is 4.94. The third-order valence-electron chi connectivity index (χ3n) is 5.47. The number of hydrogen-bond donors (Lipinski definition) is 2. The minimum atomic E-state index is -0.390. The van der Waals surface area contributed by atoms with Gasteiger partial charge < -0.3 is 15.0 Å². The van der Waals surface area contributed by atoms with E-state index in [4.69, 9.17) is 4.74 Å². The molecule has 2 saturated heterocycles. The molecule has 24 heavy (non-hydrogen) atoms. The highest BCUT2D eigenvalue weighted by molar-refractivity contribution is 6.00. The number of methoxy groups -OCH3 is 1. The molecular formula is C18H27N3O3. The van der Waals surface area contributed by atoms with Gasteiger partial charge in [-0.1, -0.05) is 13.3 Å². The second kappa shape index (κ2) is 6.97. The Labute approximate surface area is 142 Å². The van der Waals surface area contributed by atoms with Crippen LogP contribution in [-0.4, -0.2) is 54.0 Å². The Hall–Kier alpha value is -1.82. The number of esters is 1. The Morgan fingerprint density at radius 2 is 2.08 bits per heavy atom. The van der Waals surface area contributed by atoms with Crippen molar-refractivity contribution in [2.75, 3.05) is 20.2 Å². The smallest absolute Gasteiger partial charge is 0.339 e. The first kappa shape index (κ1) is 17.0. The summed E-state index contributed by atoms with van der Waals surface area (Å²) in [6.07, 6.45) is 5.30. The van der Waals surface area contributed by atoms with E-state index in [1.54, 1.807) is 6.92 Å². The Morgan fingerprint density at radius 1 is 1.29 bits per heavy atom. The van der Waals surface area contributed by atoms with Crippen LogP contribution in [-0.2, 0) is 11.2 Å². The number of piperidine rings is 1. The highest BCUT2D eigenvalue weighted by Crippen LogP contribution is 2.28. The van der Waals surface area contributed by atoms with Gasteiger partial charge in [-0.15, -0.1) is 0 Å². The van der Waals surface area contributed by atoms with Crippen LogP contribution in [0.5, 0.6) is 0 Å². The van der Waals surface area contributed by atoms with Crippen LogP contribution in [0.4, 0.5) is 0 Å². The third-order valence-corrected chi connectivity index (χ3v) is 5.47. The number of fused-ring (bicyclic) bond motifs is 1. The molecule has 3 heterocycles. The fraction of sp³-hybridized carbons (Fsp3) is 0.667. The molecule has 0 bridgehead atoms. The van der Waals surface area contributed by atoms with Crippen molar-refractivity contribution in [3.63, 3.8) is 0 Å². The fourth-order valence-electron chi connectivity index (χ4n) is 4.19. The minimum Gasteiger partial charge on any atom is -0.465 e. The number of aromatic amines is 1. The molecule has 2 aliphatic heterocycles. The Morgan fingerprint density at radius 3 is 2.79 bits per heavy atom. The van der Waals surface area contributed by atoms with E-state index in [1.165, 1.54) is 20.0 Å². The SMILES string of the molecule is CCc1[nH]c(C(=O)N[C@H]2CCN3CCCC[C@H]23)c(C)c1C(=O)OC. The summed E-state index contributed by atoms with van der Waals surface area (Å²) in [5.74, 6) is -0.506. The van der Waals surface area contributed by atoms with Gasteiger partial charge in [-0.2, -0.15) is 0 Å². The van der Waals surface area contributed by atoms with Crippen molar-refractivity contribution in [2.24, 2.45) is 0 Å².